The lowest BCUT2D eigenvalue weighted by Gasteiger charge is -2.11. The van der Waals surface area contributed by atoms with E-state index in [0.29, 0.717) is 11.8 Å². The molecule has 1 heterocycles. The summed E-state index contributed by atoms with van der Waals surface area (Å²) in [6.45, 7) is -0.238. The fourth-order valence-electron chi connectivity index (χ4n) is 2.26. The van der Waals surface area contributed by atoms with E-state index in [-0.39, 0.29) is 30.9 Å². The first kappa shape index (κ1) is 20.2. The number of aromatic nitrogens is 2. The average Bonchev–Trinajstić information content (AvgIpc) is 2.99. The SMILES string of the molecule is O=COC(CC(=O)O)Cc1cc(OCc2cc(F)cc(C(F)(F)F)c2)n[nH]1. The van der Waals surface area contributed by atoms with Crippen molar-refractivity contribution >= 4 is 12.4 Å². The summed E-state index contributed by atoms with van der Waals surface area (Å²) in [6, 6.07) is 3.42. The van der Waals surface area contributed by atoms with E-state index in [1.54, 1.807) is 0 Å². The molecule has 2 rings (SSSR count). The smallest absolute Gasteiger partial charge is 0.416 e. The number of carbonyl (C=O) groups is 2. The zero-order valence-corrected chi connectivity index (χ0v) is 13.6. The van der Waals surface area contributed by atoms with Crippen LogP contribution in [0.4, 0.5) is 17.6 Å². The van der Waals surface area contributed by atoms with Crippen LogP contribution in [-0.4, -0.2) is 33.8 Å². The van der Waals surface area contributed by atoms with Crippen molar-refractivity contribution in [3.05, 3.63) is 46.9 Å². The Hall–Kier alpha value is -3.11. The van der Waals surface area contributed by atoms with E-state index in [0.717, 1.165) is 12.1 Å². The first-order valence-corrected chi connectivity index (χ1v) is 7.52. The van der Waals surface area contributed by atoms with Crippen molar-refractivity contribution in [3.8, 4) is 5.88 Å². The van der Waals surface area contributed by atoms with Crippen molar-refractivity contribution in [1.82, 2.24) is 10.2 Å². The minimum atomic E-state index is -4.69. The summed E-state index contributed by atoms with van der Waals surface area (Å²) < 4.78 is 61.3. The molecule has 2 aromatic rings. The van der Waals surface area contributed by atoms with Crippen LogP contribution in [0.1, 0.15) is 23.2 Å². The van der Waals surface area contributed by atoms with Crippen molar-refractivity contribution in [2.75, 3.05) is 0 Å². The van der Waals surface area contributed by atoms with Gasteiger partial charge in [0.1, 0.15) is 18.5 Å². The number of halogens is 4. The van der Waals surface area contributed by atoms with Gasteiger partial charge in [-0.2, -0.15) is 13.2 Å². The normalized spacial score (nSPS) is 12.4. The van der Waals surface area contributed by atoms with Gasteiger partial charge in [-0.05, 0) is 23.8 Å². The zero-order chi connectivity index (χ0) is 20.0. The molecule has 1 aromatic carbocycles. The van der Waals surface area contributed by atoms with Gasteiger partial charge in [0.2, 0.25) is 5.88 Å². The number of nitrogens with one attached hydrogen (secondary N) is 1. The lowest BCUT2D eigenvalue weighted by atomic mass is 10.1. The molecule has 0 bridgehead atoms. The number of H-pyrrole nitrogens is 1. The number of ether oxygens (including phenoxy) is 2. The van der Waals surface area contributed by atoms with Gasteiger partial charge in [-0.15, -0.1) is 5.10 Å². The average molecular weight is 390 g/mol. The van der Waals surface area contributed by atoms with Crippen LogP contribution in [0.5, 0.6) is 5.88 Å². The van der Waals surface area contributed by atoms with Gasteiger partial charge in [-0.25, -0.2) is 4.39 Å². The van der Waals surface area contributed by atoms with Crippen LogP contribution in [0.15, 0.2) is 24.3 Å². The number of aromatic amines is 1. The maximum absolute atomic E-state index is 13.3. The Labute approximate surface area is 149 Å². The van der Waals surface area contributed by atoms with Gasteiger partial charge >= 0.3 is 12.1 Å². The van der Waals surface area contributed by atoms with Gasteiger partial charge in [0.25, 0.3) is 6.47 Å². The highest BCUT2D eigenvalue weighted by atomic mass is 19.4. The third kappa shape index (κ3) is 6.28. The third-order valence-corrected chi connectivity index (χ3v) is 3.38. The molecular formula is C16H14F4N2O5. The Morgan fingerprint density at radius 2 is 2.04 bits per heavy atom. The number of carboxylic acid groups (broad SMARTS) is 1. The molecule has 0 saturated heterocycles. The summed E-state index contributed by atoms with van der Waals surface area (Å²) in [5.74, 6) is -2.21. The summed E-state index contributed by atoms with van der Waals surface area (Å²) in [5.41, 5.74) is -0.792. The molecule has 1 aromatic heterocycles. The van der Waals surface area contributed by atoms with Gasteiger partial charge in [0, 0.05) is 18.2 Å². The van der Waals surface area contributed by atoms with Crippen molar-refractivity contribution in [3.63, 3.8) is 0 Å². The van der Waals surface area contributed by atoms with E-state index < -0.39 is 36.1 Å². The van der Waals surface area contributed by atoms with Crippen LogP contribution >= 0.6 is 0 Å². The highest BCUT2D eigenvalue weighted by molar-refractivity contribution is 5.67. The molecule has 0 radical (unpaired) electrons. The molecule has 11 heteroatoms. The fourth-order valence-corrected chi connectivity index (χ4v) is 2.26. The number of benzene rings is 1. The standard InChI is InChI=1S/C16H14F4N2O5/c17-11-2-9(1-10(3-11)16(18,19)20)7-26-14-5-12(21-22-14)4-13(27-8-23)6-15(24)25/h1-3,5,8,13H,4,6-7H2,(H,21,22)(H,24,25). The van der Waals surface area contributed by atoms with E-state index in [9.17, 15) is 27.2 Å². The van der Waals surface area contributed by atoms with Crippen LogP contribution in [0.3, 0.4) is 0 Å². The minimum absolute atomic E-state index is 0.00278. The van der Waals surface area contributed by atoms with Crippen molar-refractivity contribution in [1.29, 1.82) is 0 Å². The predicted molar refractivity (Wildman–Crippen MR) is 81.2 cm³/mol. The molecule has 0 fully saturated rings. The number of alkyl halides is 3. The number of hydrogen-bond acceptors (Lipinski definition) is 5. The Balaban J connectivity index is 2.01. The summed E-state index contributed by atoms with van der Waals surface area (Å²) in [6.07, 6.45) is -6.02. The van der Waals surface area contributed by atoms with Crippen molar-refractivity contribution in [2.45, 2.75) is 31.7 Å². The van der Waals surface area contributed by atoms with Gasteiger partial charge in [-0.1, -0.05) is 0 Å². The number of rotatable bonds is 9. The van der Waals surface area contributed by atoms with E-state index in [1.165, 1.54) is 6.07 Å². The Morgan fingerprint density at radius 1 is 1.30 bits per heavy atom. The van der Waals surface area contributed by atoms with Crippen molar-refractivity contribution in [2.24, 2.45) is 0 Å². The summed E-state index contributed by atoms with van der Waals surface area (Å²) in [7, 11) is 0. The maximum Gasteiger partial charge on any atom is 0.416 e. The van der Waals surface area contributed by atoms with Gasteiger partial charge in [0.15, 0.2) is 0 Å². The highest BCUT2D eigenvalue weighted by Crippen LogP contribution is 2.30. The van der Waals surface area contributed by atoms with E-state index in [4.69, 9.17) is 9.84 Å². The zero-order valence-electron chi connectivity index (χ0n) is 13.6. The predicted octanol–water partition coefficient (Wildman–Crippen LogP) is 2.71. The van der Waals surface area contributed by atoms with Crippen LogP contribution in [0.25, 0.3) is 0 Å². The number of aliphatic carboxylic acids is 1. The fraction of sp³-hybridized carbons (Fsp3) is 0.312. The third-order valence-electron chi connectivity index (χ3n) is 3.38. The highest BCUT2D eigenvalue weighted by Gasteiger charge is 2.31. The number of carboxylic acids is 1. The molecule has 0 aliphatic heterocycles. The van der Waals surface area contributed by atoms with Gasteiger partial charge in [-0.3, -0.25) is 14.7 Å². The number of carbonyl (C=O) groups excluding carboxylic acids is 1. The second-order valence-corrected chi connectivity index (χ2v) is 5.52. The second-order valence-electron chi connectivity index (χ2n) is 5.52. The molecule has 7 nitrogen and oxygen atoms in total. The van der Waals surface area contributed by atoms with E-state index in [2.05, 4.69) is 14.9 Å². The molecule has 27 heavy (non-hydrogen) atoms. The first-order valence-electron chi connectivity index (χ1n) is 7.52. The molecule has 0 amide bonds. The second kappa shape index (κ2) is 8.52. The molecule has 0 aliphatic rings. The molecule has 0 saturated carbocycles. The van der Waals surface area contributed by atoms with Crippen LogP contribution in [-0.2, 0) is 33.5 Å². The van der Waals surface area contributed by atoms with Crippen LogP contribution in [0.2, 0.25) is 0 Å². The Kier molecular flexibility index (Phi) is 6.37. The molecule has 2 N–H and O–H groups in total. The van der Waals surface area contributed by atoms with E-state index in [1.807, 2.05) is 0 Å². The number of hydrogen-bond donors (Lipinski definition) is 2. The molecular weight excluding hydrogens is 376 g/mol. The molecule has 0 spiro atoms. The molecule has 1 atom stereocenters. The minimum Gasteiger partial charge on any atom is -0.481 e. The summed E-state index contributed by atoms with van der Waals surface area (Å²) in [4.78, 5) is 21.1. The topological polar surface area (TPSA) is 102 Å². The van der Waals surface area contributed by atoms with Crippen molar-refractivity contribution < 1.29 is 41.7 Å². The quantitative estimate of drug-likeness (QED) is 0.504. The lowest BCUT2D eigenvalue weighted by Crippen LogP contribution is -2.20. The van der Waals surface area contributed by atoms with Crippen LogP contribution in [0, 0.1) is 5.82 Å². The van der Waals surface area contributed by atoms with Crippen LogP contribution < -0.4 is 4.74 Å². The lowest BCUT2D eigenvalue weighted by molar-refractivity contribution is -0.143. The molecule has 0 aliphatic carbocycles. The van der Waals surface area contributed by atoms with E-state index >= 15 is 0 Å². The number of nitrogens with zero attached hydrogens (tertiary/aromatic N) is 1. The summed E-state index contributed by atoms with van der Waals surface area (Å²) in [5, 5.41) is 15.0. The Bertz CT molecular complexity index is 806. The first-order chi connectivity index (χ1) is 12.7. The summed E-state index contributed by atoms with van der Waals surface area (Å²) >= 11 is 0. The largest absolute Gasteiger partial charge is 0.481 e. The van der Waals surface area contributed by atoms with Gasteiger partial charge < -0.3 is 14.6 Å². The molecule has 1 unspecified atom stereocenters. The van der Waals surface area contributed by atoms with Gasteiger partial charge in [0.05, 0.1) is 12.0 Å². The Morgan fingerprint density at radius 3 is 2.67 bits per heavy atom. The molecule has 146 valence electrons. The monoisotopic (exact) mass is 390 g/mol. The maximum atomic E-state index is 13.3.